The minimum absolute atomic E-state index is 0.0395. The van der Waals surface area contributed by atoms with E-state index in [1.807, 2.05) is 6.08 Å². The molecule has 1 saturated heterocycles. The quantitative estimate of drug-likeness (QED) is 0.0448. The van der Waals surface area contributed by atoms with Crippen LogP contribution in [0.4, 0.5) is 0 Å². The zero-order valence-electron chi connectivity index (χ0n) is 25.9. The Morgan fingerprint density at radius 1 is 1.18 bits per heavy atom. The van der Waals surface area contributed by atoms with E-state index in [2.05, 4.69) is 21.3 Å². The third-order valence-electron chi connectivity index (χ3n) is 8.20. The van der Waals surface area contributed by atoms with Gasteiger partial charge in [-0.25, -0.2) is 0 Å². The monoisotopic (exact) mass is 647 g/mol. The number of guanidine groups is 1. The highest BCUT2D eigenvalue weighted by atomic mass is 16.7. The molecular formula is C27H53N9O9. The summed E-state index contributed by atoms with van der Waals surface area (Å²) in [5, 5.41) is 62.2. The maximum absolute atomic E-state index is 12.9. The van der Waals surface area contributed by atoms with E-state index >= 15 is 0 Å². The summed E-state index contributed by atoms with van der Waals surface area (Å²) in [6, 6.07) is -3.19. The van der Waals surface area contributed by atoms with Gasteiger partial charge in [-0.15, -0.1) is 0 Å². The molecule has 0 bridgehead atoms. The van der Waals surface area contributed by atoms with Gasteiger partial charge in [0.2, 0.25) is 12.2 Å². The molecule has 260 valence electrons. The van der Waals surface area contributed by atoms with Gasteiger partial charge >= 0.3 is 0 Å². The predicted octanol–water partition coefficient (Wildman–Crippen LogP) is -5.48. The first-order valence-electron chi connectivity index (χ1n) is 15.3. The van der Waals surface area contributed by atoms with Crippen LogP contribution in [0.25, 0.3) is 0 Å². The minimum Gasteiger partial charge on any atom is -0.467 e. The van der Waals surface area contributed by atoms with Crippen LogP contribution >= 0.6 is 0 Å². The van der Waals surface area contributed by atoms with E-state index in [9.17, 15) is 25.2 Å². The lowest BCUT2D eigenvalue weighted by Crippen LogP contribution is -2.69. The molecule has 3 rings (SSSR count). The Balaban J connectivity index is 1.76. The van der Waals surface area contributed by atoms with Crippen molar-refractivity contribution in [3.05, 3.63) is 11.8 Å². The first-order valence-corrected chi connectivity index (χ1v) is 15.3. The summed E-state index contributed by atoms with van der Waals surface area (Å²) in [5.74, 6) is -0.457. The van der Waals surface area contributed by atoms with E-state index < -0.39 is 78.8 Å². The molecule has 1 saturated carbocycles. The Hall–Kier alpha value is -2.20. The van der Waals surface area contributed by atoms with Crippen LogP contribution in [0.15, 0.2) is 11.8 Å². The molecule has 2 heterocycles. The number of carbonyl (C=O) groups excluding carboxylic acids is 1. The average Bonchev–Trinajstić information content (AvgIpc) is 2.97. The average molecular weight is 648 g/mol. The summed E-state index contributed by atoms with van der Waals surface area (Å²) in [6.45, 7) is 3.07. The van der Waals surface area contributed by atoms with Gasteiger partial charge in [0.1, 0.15) is 41.9 Å². The maximum atomic E-state index is 12.9. The predicted molar refractivity (Wildman–Crippen MR) is 162 cm³/mol. The third kappa shape index (κ3) is 10.1. The summed E-state index contributed by atoms with van der Waals surface area (Å²) in [5.41, 5.74) is 22.2. The van der Waals surface area contributed by atoms with Crippen LogP contribution in [0.3, 0.4) is 0 Å². The van der Waals surface area contributed by atoms with E-state index in [-0.39, 0.29) is 32.0 Å². The van der Waals surface area contributed by atoms with E-state index in [0.717, 1.165) is 6.42 Å². The van der Waals surface area contributed by atoms with Crippen molar-refractivity contribution in [3.63, 3.8) is 0 Å². The number of aliphatic hydroxyl groups excluding tert-OH is 3. The minimum atomic E-state index is -1.48. The van der Waals surface area contributed by atoms with E-state index in [1.54, 1.807) is 7.05 Å². The number of likely N-dealkylation sites (N-methyl/N-ethyl adjacent to an activating group) is 1. The van der Waals surface area contributed by atoms with Crippen LogP contribution in [0, 0.1) is 5.41 Å². The van der Waals surface area contributed by atoms with E-state index in [1.165, 1.54) is 6.92 Å². The number of aliphatic hydroxyl groups is 4. The fourth-order valence-corrected chi connectivity index (χ4v) is 5.71. The van der Waals surface area contributed by atoms with Crippen LogP contribution in [0.5, 0.6) is 0 Å². The van der Waals surface area contributed by atoms with E-state index in [0.29, 0.717) is 31.8 Å². The van der Waals surface area contributed by atoms with Crippen molar-refractivity contribution in [1.29, 1.82) is 5.41 Å². The van der Waals surface area contributed by atoms with Crippen molar-refractivity contribution < 1.29 is 44.2 Å². The van der Waals surface area contributed by atoms with Crippen molar-refractivity contribution >= 4 is 11.9 Å². The second kappa shape index (κ2) is 17.1. The summed E-state index contributed by atoms with van der Waals surface area (Å²) >= 11 is 0. The number of hydrogen-bond acceptors (Lipinski definition) is 15. The summed E-state index contributed by atoms with van der Waals surface area (Å²) in [7, 11) is 1.57. The molecule has 1 aliphatic carbocycles. The van der Waals surface area contributed by atoms with Crippen LogP contribution in [0.1, 0.15) is 32.6 Å². The topological polar surface area (TPSA) is 311 Å². The molecule has 0 spiro atoms. The molecule has 1 amide bonds. The van der Waals surface area contributed by atoms with Crippen molar-refractivity contribution in [2.75, 3.05) is 39.8 Å². The molecular weight excluding hydrogens is 594 g/mol. The molecule has 2 fully saturated rings. The van der Waals surface area contributed by atoms with Gasteiger partial charge < -0.3 is 83.6 Å². The van der Waals surface area contributed by atoms with Gasteiger partial charge in [0.05, 0.1) is 31.3 Å². The molecule has 17 N–H and O–H groups in total. The van der Waals surface area contributed by atoms with Gasteiger partial charge in [-0.2, -0.15) is 0 Å². The number of amides is 1. The summed E-state index contributed by atoms with van der Waals surface area (Å²) in [6.07, 6.45) is -5.79. The van der Waals surface area contributed by atoms with Gasteiger partial charge in [-0.1, -0.05) is 0 Å². The van der Waals surface area contributed by atoms with Gasteiger partial charge in [0.15, 0.2) is 12.2 Å². The highest BCUT2D eigenvalue weighted by Gasteiger charge is 2.52. The first kappa shape index (κ1) is 37.3. The number of nitrogens with one attached hydrogen (secondary N) is 5. The van der Waals surface area contributed by atoms with Crippen molar-refractivity contribution in [1.82, 2.24) is 21.3 Å². The molecule has 0 aromatic rings. The third-order valence-corrected chi connectivity index (χ3v) is 8.20. The Kier molecular flexibility index (Phi) is 14.2. The molecule has 0 radical (unpaired) electrons. The van der Waals surface area contributed by atoms with Gasteiger partial charge in [0, 0.05) is 12.6 Å². The summed E-state index contributed by atoms with van der Waals surface area (Å²) < 4.78 is 23.9. The Morgan fingerprint density at radius 3 is 2.56 bits per heavy atom. The zero-order chi connectivity index (χ0) is 33.3. The fraction of sp³-hybridized carbons (Fsp3) is 0.852. The Labute approximate surface area is 263 Å². The number of nitrogens with two attached hydrogens (primary N) is 4. The maximum Gasteiger partial charge on any atom is 0.249 e. The Bertz CT molecular complexity index is 993. The lowest BCUT2D eigenvalue weighted by Gasteiger charge is -2.48. The highest BCUT2D eigenvalue weighted by molar-refractivity contribution is 5.81. The molecule has 0 aromatic carbocycles. The molecule has 0 aromatic heterocycles. The zero-order valence-corrected chi connectivity index (χ0v) is 25.9. The standard InChI is InChI=1S/C27H53N9O9/c1-27(41)12-42-25(19(39)22(27)33-2)45-21-16(36-23(40)17(37)6-9-35-26(31)32)10-15(30)20(18(21)38)44-24-14(29)5-4-13(43-24)11-34-8-3-7-28/h4,14-22,24-25,33-34,37-39,41H,3,5-12,28-30H2,1-2H3,(H,36,40)(H4,31,32,35)/t14-,15+,16-,17+,18+,19-,20?,21+,22-,24-,25-,27+/m1/s1. The Morgan fingerprint density at radius 2 is 1.89 bits per heavy atom. The number of ether oxygens (including phenoxy) is 4. The van der Waals surface area contributed by atoms with E-state index in [4.69, 9.17) is 47.3 Å². The largest absolute Gasteiger partial charge is 0.467 e. The lowest BCUT2D eigenvalue weighted by molar-refractivity contribution is -0.304. The van der Waals surface area contributed by atoms with Gasteiger partial charge in [-0.05, 0) is 58.8 Å². The highest BCUT2D eigenvalue weighted by Crippen LogP contribution is 2.32. The number of rotatable bonds is 15. The second-order valence-corrected chi connectivity index (χ2v) is 12.0. The van der Waals surface area contributed by atoms with Crippen LogP contribution in [0.2, 0.25) is 0 Å². The fourth-order valence-electron chi connectivity index (χ4n) is 5.71. The van der Waals surface area contributed by atoms with Crippen LogP contribution in [-0.4, -0.2) is 145 Å². The second-order valence-electron chi connectivity index (χ2n) is 12.0. The van der Waals surface area contributed by atoms with Crippen molar-refractivity contribution in [3.8, 4) is 0 Å². The lowest BCUT2D eigenvalue weighted by atomic mass is 9.83. The molecule has 3 aliphatic rings. The van der Waals surface area contributed by atoms with Crippen LogP contribution in [-0.2, 0) is 23.7 Å². The molecule has 45 heavy (non-hydrogen) atoms. The molecule has 2 aliphatic heterocycles. The normalized spacial score (nSPS) is 37.7. The van der Waals surface area contributed by atoms with Crippen LogP contribution < -0.4 is 44.2 Å². The molecule has 12 atom stereocenters. The van der Waals surface area contributed by atoms with Crippen molar-refractivity contribution in [2.45, 2.75) is 105 Å². The summed E-state index contributed by atoms with van der Waals surface area (Å²) in [4.78, 5) is 12.9. The number of hydrogen-bond donors (Lipinski definition) is 13. The van der Waals surface area contributed by atoms with Gasteiger partial charge in [-0.3, -0.25) is 10.2 Å². The van der Waals surface area contributed by atoms with Crippen molar-refractivity contribution in [2.24, 2.45) is 22.9 Å². The van der Waals surface area contributed by atoms with Gasteiger partial charge in [0.25, 0.3) is 0 Å². The molecule has 18 nitrogen and oxygen atoms in total. The number of carbonyl (C=O) groups is 1. The SMILES string of the molecule is CN[C@@H]1[C@@H](O)[C@@H](O[C@H]2[C@H](NC(=O)[C@@H](O)CCNC(=N)N)C[C@H](N)C(O[C@H]3OC(CNCCCN)=CC[C@H]3N)[C@@H]2O)OC[C@]1(C)O. The molecule has 18 heteroatoms. The molecule has 1 unspecified atom stereocenters. The smallest absolute Gasteiger partial charge is 0.249 e. The first-order chi connectivity index (χ1) is 21.3.